The van der Waals surface area contributed by atoms with Gasteiger partial charge in [0, 0.05) is 19.1 Å². The molecule has 0 saturated carbocycles. The minimum Gasteiger partial charge on any atom is -0.371 e. The summed E-state index contributed by atoms with van der Waals surface area (Å²) in [5.41, 5.74) is 5.64. The van der Waals surface area contributed by atoms with Gasteiger partial charge in [-0.2, -0.15) is 13.2 Å². The van der Waals surface area contributed by atoms with Crippen molar-refractivity contribution in [3.05, 3.63) is 0 Å². The van der Waals surface area contributed by atoms with Gasteiger partial charge >= 0.3 is 6.18 Å². The average Bonchev–Trinajstić information content (AvgIpc) is 2.44. The summed E-state index contributed by atoms with van der Waals surface area (Å²) in [6.45, 7) is 1.11. The van der Waals surface area contributed by atoms with Crippen LogP contribution in [0.5, 0.6) is 0 Å². The minimum atomic E-state index is -4.22. The number of nitrogens with two attached hydrogens (primary N) is 1. The predicted octanol–water partition coefficient (Wildman–Crippen LogP) is 1.02. The number of rotatable bonds is 4. The molecule has 1 rings (SSSR count). The number of ether oxygens (including phenoxy) is 1. The number of hydrogen-bond acceptors (Lipinski definition) is 3. The first-order valence-corrected chi connectivity index (χ1v) is 4.60. The monoisotopic (exact) mass is 248 g/mol. The van der Waals surface area contributed by atoms with Crippen LogP contribution in [0.4, 0.5) is 13.2 Å². The van der Waals surface area contributed by atoms with Gasteiger partial charge in [-0.3, -0.25) is 4.90 Å². The Labute approximate surface area is 93.2 Å². The van der Waals surface area contributed by atoms with E-state index in [2.05, 4.69) is 4.74 Å². The summed E-state index contributed by atoms with van der Waals surface area (Å²) in [5, 5.41) is 0. The van der Waals surface area contributed by atoms with Gasteiger partial charge in [-0.05, 0) is 13.0 Å². The van der Waals surface area contributed by atoms with Gasteiger partial charge in [0.25, 0.3) is 0 Å². The molecule has 1 aliphatic rings. The topological polar surface area (TPSA) is 38.5 Å². The molecule has 7 heteroatoms. The Kier molecular flexibility index (Phi) is 6.51. The maximum absolute atomic E-state index is 11.7. The zero-order valence-corrected chi connectivity index (χ0v) is 9.11. The lowest BCUT2D eigenvalue weighted by Crippen LogP contribution is -2.30. The smallest absolute Gasteiger partial charge is 0.371 e. The standard InChI is InChI=1S/C8H15F3N2O.ClH/c9-8(10,11)6-14-4-3-13-2-1-7(12)5-13;/h7H,1-6,12H2;1H/t7-;/m0./s1. The summed E-state index contributed by atoms with van der Waals surface area (Å²) < 4.78 is 39.5. The summed E-state index contributed by atoms with van der Waals surface area (Å²) in [4.78, 5) is 2.01. The fourth-order valence-corrected chi connectivity index (χ4v) is 1.45. The quantitative estimate of drug-likeness (QED) is 0.755. The Balaban J connectivity index is 0.00000196. The van der Waals surface area contributed by atoms with E-state index < -0.39 is 12.8 Å². The van der Waals surface area contributed by atoms with Crippen molar-refractivity contribution in [2.24, 2.45) is 5.73 Å². The predicted molar refractivity (Wildman–Crippen MR) is 53.2 cm³/mol. The zero-order chi connectivity index (χ0) is 10.6. The number of likely N-dealkylation sites (tertiary alicyclic amines) is 1. The molecule has 0 aromatic carbocycles. The van der Waals surface area contributed by atoms with E-state index in [-0.39, 0.29) is 25.1 Å². The third-order valence-electron chi connectivity index (χ3n) is 2.13. The van der Waals surface area contributed by atoms with Crippen LogP contribution in [-0.4, -0.2) is 50.0 Å². The van der Waals surface area contributed by atoms with Gasteiger partial charge in [0.2, 0.25) is 0 Å². The summed E-state index contributed by atoms with van der Waals surface area (Å²) in [6.07, 6.45) is -3.30. The van der Waals surface area contributed by atoms with Crippen LogP contribution in [0, 0.1) is 0 Å². The van der Waals surface area contributed by atoms with Crippen molar-refractivity contribution < 1.29 is 17.9 Å². The summed E-state index contributed by atoms with van der Waals surface area (Å²) >= 11 is 0. The van der Waals surface area contributed by atoms with Gasteiger partial charge in [0.15, 0.2) is 0 Å². The molecule has 0 aliphatic carbocycles. The summed E-state index contributed by atoms with van der Waals surface area (Å²) in [6, 6.07) is 0.164. The molecule has 0 spiro atoms. The molecule has 0 unspecified atom stereocenters. The van der Waals surface area contributed by atoms with Crippen molar-refractivity contribution in [3.8, 4) is 0 Å². The highest BCUT2D eigenvalue weighted by molar-refractivity contribution is 5.85. The Bertz CT molecular complexity index is 180. The van der Waals surface area contributed by atoms with Crippen molar-refractivity contribution in [1.82, 2.24) is 4.90 Å². The van der Waals surface area contributed by atoms with Crippen molar-refractivity contribution in [3.63, 3.8) is 0 Å². The highest BCUT2D eigenvalue weighted by atomic mass is 35.5. The maximum atomic E-state index is 11.7. The molecular formula is C8H16ClF3N2O. The maximum Gasteiger partial charge on any atom is 0.411 e. The largest absolute Gasteiger partial charge is 0.411 e. The highest BCUT2D eigenvalue weighted by Crippen LogP contribution is 2.14. The van der Waals surface area contributed by atoms with Gasteiger partial charge < -0.3 is 10.5 Å². The Morgan fingerprint density at radius 3 is 2.53 bits per heavy atom. The van der Waals surface area contributed by atoms with Gasteiger partial charge in [-0.15, -0.1) is 12.4 Å². The van der Waals surface area contributed by atoms with Crippen LogP contribution in [-0.2, 0) is 4.74 Å². The second kappa shape index (κ2) is 6.52. The van der Waals surface area contributed by atoms with Gasteiger partial charge in [-0.1, -0.05) is 0 Å². The molecule has 1 aliphatic heterocycles. The molecule has 1 heterocycles. The lowest BCUT2D eigenvalue weighted by Gasteiger charge is -2.15. The highest BCUT2D eigenvalue weighted by Gasteiger charge is 2.27. The van der Waals surface area contributed by atoms with Crippen molar-refractivity contribution in [2.45, 2.75) is 18.6 Å². The Hall–Kier alpha value is -0.0400. The summed E-state index contributed by atoms with van der Waals surface area (Å²) in [7, 11) is 0. The van der Waals surface area contributed by atoms with Crippen molar-refractivity contribution in [1.29, 1.82) is 0 Å². The first-order valence-electron chi connectivity index (χ1n) is 4.60. The van der Waals surface area contributed by atoms with E-state index >= 15 is 0 Å². The minimum absolute atomic E-state index is 0. The lowest BCUT2D eigenvalue weighted by atomic mass is 10.3. The fraction of sp³-hybridized carbons (Fsp3) is 1.00. The van der Waals surface area contributed by atoms with E-state index in [1.165, 1.54) is 0 Å². The summed E-state index contributed by atoms with van der Waals surface area (Å²) in [5.74, 6) is 0. The van der Waals surface area contributed by atoms with E-state index in [9.17, 15) is 13.2 Å². The zero-order valence-electron chi connectivity index (χ0n) is 8.29. The fourth-order valence-electron chi connectivity index (χ4n) is 1.45. The normalized spacial score (nSPS) is 22.8. The van der Waals surface area contributed by atoms with Gasteiger partial charge in [-0.25, -0.2) is 0 Å². The molecular weight excluding hydrogens is 233 g/mol. The van der Waals surface area contributed by atoms with Gasteiger partial charge in [0.05, 0.1) is 6.61 Å². The van der Waals surface area contributed by atoms with E-state index in [1.54, 1.807) is 0 Å². The van der Waals surface area contributed by atoms with Gasteiger partial charge in [0.1, 0.15) is 6.61 Å². The molecule has 0 bridgehead atoms. The molecule has 0 aromatic rings. The number of halogens is 4. The molecule has 3 nitrogen and oxygen atoms in total. The second-order valence-electron chi connectivity index (χ2n) is 3.52. The van der Waals surface area contributed by atoms with Crippen molar-refractivity contribution in [2.75, 3.05) is 32.8 Å². The lowest BCUT2D eigenvalue weighted by molar-refractivity contribution is -0.174. The van der Waals surface area contributed by atoms with Crippen LogP contribution >= 0.6 is 12.4 Å². The first-order chi connectivity index (χ1) is 6.47. The molecule has 1 fully saturated rings. The molecule has 1 atom stereocenters. The molecule has 92 valence electrons. The van der Waals surface area contributed by atoms with Crippen LogP contribution in [0.25, 0.3) is 0 Å². The molecule has 2 N–H and O–H groups in total. The number of nitrogens with zero attached hydrogens (tertiary/aromatic N) is 1. The van der Waals surface area contributed by atoms with Crippen LogP contribution < -0.4 is 5.73 Å². The molecule has 1 saturated heterocycles. The number of hydrogen-bond donors (Lipinski definition) is 1. The van der Waals surface area contributed by atoms with E-state index in [4.69, 9.17) is 5.73 Å². The molecule has 0 aromatic heterocycles. The third-order valence-corrected chi connectivity index (χ3v) is 2.13. The van der Waals surface area contributed by atoms with Crippen molar-refractivity contribution >= 4 is 12.4 Å². The Morgan fingerprint density at radius 1 is 1.40 bits per heavy atom. The third kappa shape index (κ3) is 6.94. The Morgan fingerprint density at radius 2 is 2.07 bits per heavy atom. The van der Waals surface area contributed by atoms with Crippen LogP contribution in [0.3, 0.4) is 0 Å². The van der Waals surface area contributed by atoms with E-state index in [1.807, 2.05) is 4.90 Å². The van der Waals surface area contributed by atoms with Crippen LogP contribution in [0.2, 0.25) is 0 Å². The van der Waals surface area contributed by atoms with Crippen LogP contribution in [0.15, 0.2) is 0 Å². The number of alkyl halides is 3. The second-order valence-corrected chi connectivity index (χ2v) is 3.52. The molecule has 0 radical (unpaired) electrons. The average molecular weight is 249 g/mol. The molecule has 15 heavy (non-hydrogen) atoms. The van der Waals surface area contributed by atoms with E-state index in [0.717, 1.165) is 19.5 Å². The first kappa shape index (κ1) is 15.0. The van der Waals surface area contributed by atoms with Crippen LogP contribution in [0.1, 0.15) is 6.42 Å². The SMILES string of the molecule is Cl.N[C@H]1CCN(CCOCC(F)(F)F)C1. The molecule has 0 amide bonds. The van der Waals surface area contributed by atoms with E-state index in [0.29, 0.717) is 6.54 Å².